The Kier molecular flexibility index (Phi) is 3.21. The minimum absolute atomic E-state index is 0.202. The second-order valence-electron chi connectivity index (χ2n) is 3.45. The van der Waals surface area contributed by atoms with Gasteiger partial charge in [-0.1, -0.05) is 11.6 Å². The minimum atomic E-state index is -0.869. The summed E-state index contributed by atoms with van der Waals surface area (Å²) in [5, 5.41) is 11.9. The molecule has 16 heavy (non-hydrogen) atoms. The molecule has 1 aliphatic heterocycles. The molecule has 0 aliphatic carbocycles. The summed E-state index contributed by atoms with van der Waals surface area (Å²) in [6, 6.07) is 0.942. The molecule has 0 bridgehead atoms. The molecule has 7 heteroatoms. The van der Waals surface area contributed by atoms with Gasteiger partial charge in [-0.15, -0.1) is 0 Å². The number of ether oxygens (including phenoxy) is 1. The molecule has 0 saturated carbocycles. The van der Waals surface area contributed by atoms with Gasteiger partial charge >= 0.3 is 5.97 Å². The SMILES string of the molecule is O=C(O)C1C[C@@H](Oc2cc(Cl)ncn2)CN1. The van der Waals surface area contributed by atoms with Crippen LogP contribution >= 0.6 is 11.6 Å². The second-order valence-corrected chi connectivity index (χ2v) is 3.84. The van der Waals surface area contributed by atoms with Crippen LogP contribution < -0.4 is 10.1 Å². The van der Waals surface area contributed by atoms with Gasteiger partial charge in [0.1, 0.15) is 23.6 Å². The third-order valence-corrected chi connectivity index (χ3v) is 2.49. The van der Waals surface area contributed by atoms with E-state index in [0.717, 1.165) is 0 Å². The van der Waals surface area contributed by atoms with Gasteiger partial charge in [0, 0.05) is 19.0 Å². The fourth-order valence-electron chi connectivity index (χ4n) is 1.53. The molecule has 1 aliphatic rings. The summed E-state index contributed by atoms with van der Waals surface area (Å²) in [4.78, 5) is 18.3. The van der Waals surface area contributed by atoms with E-state index < -0.39 is 12.0 Å². The molecule has 0 spiro atoms. The lowest BCUT2D eigenvalue weighted by atomic mass is 10.2. The monoisotopic (exact) mass is 243 g/mol. The van der Waals surface area contributed by atoms with Gasteiger partial charge in [0.2, 0.25) is 5.88 Å². The van der Waals surface area contributed by atoms with E-state index >= 15 is 0 Å². The maximum Gasteiger partial charge on any atom is 0.320 e. The van der Waals surface area contributed by atoms with Crippen LogP contribution in [0.25, 0.3) is 0 Å². The van der Waals surface area contributed by atoms with Gasteiger partial charge in [-0.25, -0.2) is 9.97 Å². The van der Waals surface area contributed by atoms with Gasteiger partial charge in [0.05, 0.1) is 0 Å². The van der Waals surface area contributed by atoms with E-state index in [1.807, 2.05) is 0 Å². The zero-order valence-electron chi connectivity index (χ0n) is 8.26. The summed E-state index contributed by atoms with van der Waals surface area (Å²) in [7, 11) is 0. The summed E-state index contributed by atoms with van der Waals surface area (Å²) in [6.07, 6.45) is 1.51. The van der Waals surface area contributed by atoms with Crippen molar-refractivity contribution < 1.29 is 14.6 Å². The molecule has 1 aromatic heterocycles. The number of aliphatic carboxylic acids is 1. The highest BCUT2D eigenvalue weighted by Gasteiger charge is 2.30. The van der Waals surface area contributed by atoms with E-state index in [9.17, 15) is 4.79 Å². The Morgan fingerprint density at radius 3 is 3.06 bits per heavy atom. The van der Waals surface area contributed by atoms with Gasteiger partial charge in [-0.2, -0.15) is 0 Å². The van der Waals surface area contributed by atoms with Crippen LogP contribution in [-0.2, 0) is 4.79 Å². The molecule has 0 amide bonds. The Hall–Kier alpha value is -1.40. The van der Waals surface area contributed by atoms with Crippen LogP contribution in [0.1, 0.15) is 6.42 Å². The van der Waals surface area contributed by atoms with E-state index in [-0.39, 0.29) is 6.10 Å². The van der Waals surface area contributed by atoms with Crippen molar-refractivity contribution in [2.45, 2.75) is 18.6 Å². The predicted octanol–water partition coefficient (Wildman–Crippen LogP) is 0.324. The van der Waals surface area contributed by atoms with E-state index in [0.29, 0.717) is 24.0 Å². The van der Waals surface area contributed by atoms with Crippen molar-refractivity contribution in [1.82, 2.24) is 15.3 Å². The average molecular weight is 244 g/mol. The lowest BCUT2D eigenvalue weighted by Crippen LogP contribution is -2.30. The molecule has 1 fully saturated rings. The highest BCUT2D eigenvalue weighted by Crippen LogP contribution is 2.17. The van der Waals surface area contributed by atoms with Crippen molar-refractivity contribution in [2.75, 3.05) is 6.54 Å². The highest BCUT2D eigenvalue weighted by atomic mass is 35.5. The van der Waals surface area contributed by atoms with Crippen molar-refractivity contribution in [2.24, 2.45) is 0 Å². The molecule has 6 nitrogen and oxygen atoms in total. The molecule has 2 rings (SSSR count). The van der Waals surface area contributed by atoms with Crippen molar-refractivity contribution in [1.29, 1.82) is 0 Å². The molecule has 86 valence electrons. The Labute approximate surface area is 96.6 Å². The predicted molar refractivity (Wildman–Crippen MR) is 55.5 cm³/mol. The zero-order valence-corrected chi connectivity index (χ0v) is 9.02. The maximum absolute atomic E-state index is 10.7. The first kappa shape index (κ1) is 11.1. The van der Waals surface area contributed by atoms with E-state index in [4.69, 9.17) is 21.4 Å². The quantitative estimate of drug-likeness (QED) is 0.744. The summed E-state index contributed by atoms with van der Waals surface area (Å²) in [6.45, 7) is 0.485. The van der Waals surface area contributed by atoms with Crippen LogP contribution in [0.3, 0.4) is 0 Å². The van der Waals surface area contributed by atoms with Crippen LogP contribution in [0.2, 0.25) is 5.15 Å². The third kappa shape index (κ3) is 2.59. The fourth-order valence-corrected chi connectivity index (χ4v) is 1.67. The molecule has 1 saturated heterocycles. The molecular weight excluding hydrogens is 234 g/mol. The number of nitrogens with one attached hydrogen (secondary N) is 1. The van der Waals surface area contributed by atoms with Crippen LogP contribution in [0.5, 0.6) is 5.88 Å². The van der Waals surface area contributed by atoms with E-state index in [1.165, 1.54) is 12.4 Å². The van der Waals surface area contributed by atoms with Crippen LogP contribution in [-0.4, -0.2) is 39.7 Å². The van der Waals surface area contributed by atoms with Gasteiger partial charge in [0.15, 0.2) is 0 Å². The zero-order chi connectivity index (χ0) is 11.5. The summed E-state index contributed by atoms with van der Waals surface area (Å²) < 4.78 is 5.48. The van der Waals surface area contributed by atoms with E-state index in [1.54, 1.807) is 0 Å². The van der Waals surface area contributed by atoms with Crippen LogP contribution in [0, 0.1) is 0 Å². The van der Waals surface area contributed by atoms with Gasteiger partial charge in [-0.3, -0.25) is 4.79 Å². The Morgan fingerprint density at radius 1 is 1.62 bits per heavy atom. The van der Waals surface area contributed by atoms with Crippen LogP contribution in [0.15, 0.2) is 12.4 Å². The van der Waals surface area contributed by atoms with Crippen molar-refractivity contribution in [3.05, 3.63) is 17.5 Å². The smallest absolute Gasteiger partial charge is 0.320 e. The Balaban J connectivity index is 1.94. The third-order valence-electron chi connectivity index (χ3n) is 2.28. The minimum Gasteiger partial charge on any atom is -0.480 e. The summed E-state index contributed by atoms with van der Waals surface area (Å²) in [5.41, 5.74) is 0. The normalized spacial score (nSPS) is 24.3. The lowest BCUT2D eigenvalue weighted by molar-refractivity contribution is -0.139. The van der Waals surface area contributed by atoms with Gasteiger partial charge < -0.3 is 15.2 Å². The fraction of sp³-hybridized carbons (Fsp3) is 0.444. The number of aromatic nitrogens is 2. The first-order valence-electron chi connectivity index (χ1n) is 4.75. The molecular formula is C9H10ClN3O3. The topological polar surface area (TPSA) is 84.3 Å². The molecule has 2 heterocycles. The average Bonchev–Trinajstić information content (AvgIpc) is 2.66. The lowest BCUT2D eigenvalue weighted by Gasteiger charge is -2.10. The number of nitrogens with zero attached hydrogens (tertiary/aromatic N) is 2. The summed E-state index contributed by atoms with van der Waals surface area (Å²) >= 11 is 5.67. The van der Waals surface area contributed by atoms with Gasteiger partial charge in [-0.05, 0) is 0 Å². The number of carboxylic acids is 1. The number of rotatable bonds is 3. The maximum atomic E-state index is 10.7. The molecule has 2 N–H and O–H groups in total. The standard InChI is InChI=1S/C9H10ClN3O3/c10-7-2-8(13-4-12-7)16-5-1-6(9(14)15)11-3-5/h2,4-6,11H,1,3H2,(H,14,15)/t5-,6?/m1/s1. The number of carboxylic acid groups (broad SMARTS) is 1. The Bertz CT molecular complexity index is 401. The van der Waals surface area contributed by atoms with Crippen molar-refractivity contribution in [3.63, 3.8) is 0 Å². The molecule has 1 aromatic rings. The summed E-state index contributed by atoms with van der Waals surface area (Å²) in [5.74, 6) is -0.510. The van der Waals surface area contributed by atoms with E-state index in [2.05, 4.69) is 15.3 Å². The molecule has 2 atom stereocenters. The molecule has 1 unspecified atom stereocenters. The number of hydrogen-bond acceptors (Lipinski definition) is 5. The number of halogens is 1. The largest absolute Gasteiger partial charge is 0.480 e. The van der Waals surface area contributed by atoms with Crippen LogP contribution in [0.4, 0.5) is 0 Å². The molecule has 0 radical (unpaired) electrons. The second kappa shape index (κ2) is 4.63. The number of carbonyl (C=O) groups is 1. The molecule has 0 aromatic carbocycles. The Morgan fingerprint density at radius 2 is 2.44 bits per heavy atom. The van der Waals surface area contributed by atoms with Gasteiger partial charge in [0.25, 0.3) is 0 Å². The van der Waals surface area contributed by atoms with Crippen molar-refractivity contribution >= 4 is 17.6 Å². The highest BCUT2D eigenvalue weighted by molar-refractivity contribution is 6.29. The first-order valence-corrected chi connectivity index (χ1v) is 5.13. The number of hydrogen-bond donors (Lipinski definition) is 2. The first-order chi connectivity index (χ1) is 7.65. The van der Waals surface area contributed by atoms with Crippen molar-refractivity contribution in [3.8, 4) is 5.88 Å².